The van der Waals surface area contributed by atoms with Crippen molar-refractivity contribution in [3.8, 4) is 16.9 Å². The second-order valence-electron chi connectivity index (χ2n) is 18.6. The molecule has 15 heteroatoms. The summed E-state index contributed by atoms with van der Waals surface area (Å²) >= 11 is 0. The number of carbonyl (C=O) groups is 2. The van der Waals surface area contributed by atoms with E-state index in [4.69, 9.17) is 9.57 Å². The molecule has 3 aromatic rings. The number of aliphatic hydroxyl groups is 2. The van der Waals surface area contributed by atoms with Crippen molar-refractivity contribution < 1.29 is 37.8 Å². The first-order chi connectivity index (χ1) is 28.7. The molecule has 2 bridgehead atoms. The molecule has 3 aromatic carbocycles. The molecule has 7 rings (SSSR count). The van der Waals surface area contributed by atoms with E-state index in [0.717, 1.165) is 29.5 Å². The Morgan fingerprint density at radius 1 is 1.03 bits per heavy atom. The van der Waals surface area contributed by atoms with E-state index >= 15 is 0 Å². The molecule has 2 amide bonds. The molecular weight excluding hydrogens is 797 g/mol. The second kappa shape index (κ2) is 18.6. The quantitative estimate of drug-likeness (QED) is 0.131. The number of nitrogens with one attached hydrogen (secondary N) is 3. The molecule has 61 heavy (non-hydrogen) atoms. The lowest BCUT2D eigenvalue weighted by Crippen LogP contribution is -2.62. The standard InChI is InChI=1S/C46H66N6O8S/c1-27-37-22-33(46(37,3)4)23-39(27)48-45(56)42-41(28(2)54)40(26-53)60-52(42)24-30-15-13-16-36(43(30)59-9)31-18-32(21-35(20-31)51(7)8)44(55)47-34(25-50(5)6)19-29-14-11-12-17-38(29)49-61(10,57)58/h11-18,20-21,27-28,33-34,37,39-42,49,53-54H,19,22-26H2,1-10H3,(H,47,55)(H,48,56)/t27-,28-,33+,34-,37-,39-,40-,41-,42-/m0/s1. The normalized spacial score (nSPS) is 25.6. The summed E-state index contributed by atoms with van der Waals surface area (Å²) in [6.45, 7) is 8.75. The van der Waals surface area contributed by atoms with Crippen LogP contribution in [-0.2, 0) is 32.6 Å². The molecule has 4 aliphatic rings. The molecular formula is C46H66N6O8S. The van der Waals surface area contributed by atoms with Crippen LogP contribution < -0.4 is 25.0 Å². The fourth-order valence-corrected chi connectivity index (χ4v) is 10.7. The Kier molecular flexibility index (Phi) is 14.1. The third-order valence-corrected chi connectivity index (χ3v) is 14.0. The number of hydroxylamine groups is 2. The van der Waals surface area contributed by atoms with Gasteiger partial charge in [-0.25, -0.2) is 8.42 Å². The van der Waals surface area contributed by atoms with Gasteiger partial charge in [0, 0.05) is 61.0 Å². The van der Waals surface area contributed by atoms with Crippen LogP contribution in [0.15, 0.2) is 60.7 Å². The van der Waals surface area contributed by atoms with Crippen molar-refractivity contribution in [1.29, 1.82) is 0 Å². The number of nitrogens with zero attached hydrogens (tertiary/aromatic N) is 3. The fraction of sp³-hybridized carbons (Fsp3) is 0.565. The van der Waals surface area contributed by atoms with Crippen LogP contribution in [0, 0.1) is 29.1 Å². The van der Waals surface area contributed by atoms with Crippen LogP contribution in [0.3, 0.4) is 0 Å². The van der Waals surface area contributed by atoms with Crippen LogP contribution in [0.1, 0.15) is 62.0 Å². The molecule has 3 aliphatic carbocycles. The summed E-state index contributed by atoms with van der Waals surface area (Å²) in [4.78, 5) is 38.8. The van der Waals surface area contributed by atoms with Gasteiger partial charge in [-0.1, -0.05) is 57.2 Å². The summed E-state index contributed by atoms with van der Waals surface area (Å²) in [5.74, 6) is 0.700. The number of hydrogen-bond acceptors (Lipinski definition) is 11. The lowest BCUT2D eigenvalue weighted by atomic mass is 9.45. The summed E-state index contributed by atoms with van der Waals surface area (Å²) in [5, 5.41) is 29.5. The van der Waals surface area contributed by atoms with Gasteiger partial charge < -0.3 is 35.4 Å². The van der Waals surface area contributed by atoms with Gasteiger partial charge in [0.15, 0.2) is 0 Å². The average Bonchev–Trinajstić information content (AvgIpc) is 3.56. The van der Waals surface area contributed by atoms with Gasteiger partial charge in [0.2, 0.25) is 15.9 Å². The van der Waals surface area contributed by atoms with Crippen molar-refractivity contribution >= 4 is 33.2 Å². The molecule has 1 heterocycles. The largest absolute Gasteiger partial charge is 0.496 e. The summed E-state index contributed by atoms with van der Waals surface area (Å²) in [5.41, 5.74) is 4.82. The van der Waals surface area contributed by atoms with Crippen LogP contribution >= 0.6 is 0 Å². The molecule has 4 fully saturated rings. The van der Waals surface area contributed by atoms with Gasteiger partial charge in [-0.3, -0.25) is 19.1 Å². The molecule has 9 atom stereocenters. The highest BCUT2D eigenvalue weighted by Gasteiger charge is 2.57. The Hall–Kier alpha value is -4.25. The minimum absolute atomic E-state index is 0.00745. The number of amides is 2. The number of aliphatic hydroxyl groups excluding tert-OH is 2. The van der Waals surface area contributed by atoms with Crippen molar-refractivity contribution in [2.75, 3.05) is 64.3 Å². The Morgan fingerprint density at radius 3 is 2.34 bits per heavy atom. The monoisotopic (exact) mass is 862 g/mol. The molecule has 0 aromatic heterocycles. The molecule has 1 aliphatic heterocycles. The van der Waals surface area contributed by atoms with E-state index in [2.05, 4.69) is 36.1 Å². The maximum absolute atomic E-state index is 14.3. The molecule has 0 spiro atoms. The van der Waals surface area contributed by atoms with E-state index in [1.54, 1.807) is 31.2 Å². The van der Waals surface area contributed by atoms with E-state index in [-0.39, 0.29) is 42.5 Å². The Balaban J connectivity index is 1.29. The van der Waals surface area contributed by atoms with Crippen LogP contribution in [0.2, 0.25) is 0 Å². The number of rotatable bonds is 17. The summed E-state index contributed by atoms with van der Waals surface area (Å²) < 4.78 is 33.0. The number of likely N-dealkylation sites (N-methyl/N-ethyl adjacent to an activating group) is 1. The summed E-state index contributed by atoms with van der Waals surface area (Å²) in [6.07, 6.45) is 1.85. The van der Waals surface area contributed by atoms with Crippen molar-refractivity contribution in [1.82, 2.24) is 20.6 Å². The average molecular weight is 863 g/mol. The maximum atomic E-state index is 14.3. The lowest BCUT2D eigenvalue weighted by molar-refractivity contribution is -0.183. The fourth-order valence-electron chi connectivity index (χ4n) is 10.1. The smallest absolute Gasteiger partial charge is 0.251 e. The molecule has 1 saturated heterocycles. The first-order valence-electron chi connectivity index (χ1n) is 21.2. The molecule has 5 N–H and O–H groups in total. The van der Waals surface area contributed by atoms with Crippen LogP contribution in [0.4, 0.5) is 11.4 Å². The molecule has 0 radical (unpaired) electrons. The predicted octanol–water partition coefficient (Wildman–Crippen LogP) is 4.36. The Morgan fingerprint density at radius 2 is 1.74 bits per heavy atom. The number of carbonyl (C=O) groups excluding carboxylic acids is 2. The number of fused-ring (bicyclic) bond motifs is 2. The Labute approximate surface area is 362 Å². The maximum Gasteiger partial charge on any atom is 0.251 e. The number of sulfonamides is 1. The van der Waals surface area contributed by atoms with Gasteiger partial charge >= 0.3 is 0 Å². The van der Waals surface area contributed by atoms with Crippen LogP contribution in [-0.4, -0.2) is 125 Å². The minimum Gasteiger partial charge on any atom is -0.496 e. The minimum atomic E-state index is -3.52. The van der Waals surface area contributed by atoms with Gasteiger partial charge in [-0.05, 0) is 98.8 Å². The topological polar surface area (TPSA) is 173 Å². The van der Waals surface area contributed by atoms with E-state index < -0.39 is 34.2 Å². The highest BCUT2D eigenvalue weighted by Crippen LogP contribution is 2.61. The zero-order valence-electron chi connectivity index (χ0n) is 37.3. The third kappa shape index (κ3) is 10.2. The van der Waals surface area contributed by atoms with E-state index in [1.807, 2.05) is 86.5 Å². The third-order valence-electron chi connectivity index (χ3n) is 13.4. The SMILES string of the molecule is COc1c(CN2O[C@@H](CO)[C@H]([C@H](C)O)[C@H]2C(=O)N[C@H]2C[C@H]3C[C@@H]([C@@H]2C)C3(C)C)cccc1-c1cc(C(=O)N[C@@H](Cc2ccccc2NS(C)(=O)=O)CN(C)C)cc(N(C)C)c1. The summed E-state index contributed by atoms with van der Waals surface area (Å²) in [6, 6.07) is 17.3. The predicted molar refractivity (Wildman–Crippen MR) is 239 cm³/mol. The lowest BCUT2D eigenvalue weighted by Gasteiger charge is -2.62. The molecule has 0 unspecified atom stereocenters. The first-order valence-corrected chi connectivity index (χ1v) is 23.1. The van der Waals surface area contributed by atoms with E-state index in [1.165, 1.54) is 6.42 Å². The van der Waals surface area contributed by atoms with Gasteiger partial charge in [0.1, 0.15) is 17.9 Å². The van der Waals surface area contributed by atoms with Gasteiger partial charge in [0.05, 0.1) is 38.3 Å². The number of benzene rings is 3. The number of anilines is 2. The van der Waals surface area contributed by atoms with Crippen molar-refractivity contribution in [3.63, 3.8) is 0 Å². The van der Waals surface area contributed by atoms with E-state index in [9.17, 15) is 28.2 Å². The number of para-hydroxylation sites is 2. The van der Waals surface area contributed by atoms with Crippen LogP contribution in [0.25, 0.3) is 11.1 Å². The van der Waals surface area contributed by atoms with Crippen molar-refractivity contribution in [2.45, 2.75) is 83.8 Å². The van der Waals surface area contributed by atoms with Gasteiger partial charge in [0.25, 0.3) is 5.91 Å². The van der Waals surface area contributed by atoms with Gasteiger partial charge in [-0.15, -0.1) is 0 Å². The molecule has 334 valence electrons. The summed E-state index contributed by atoms with van der Waals surface area (Å²) in [7, 11) is 5.69. The van der Waals surface area contributed by atoms with Crippen LogP contribution in [0.5, 0.6) is 5.75 Å². The Bertz CT molecular complexity index is 2160. The number of methoxy groups -OCH3 is 1. The zero-order chi connectivity index (χ0) is 44.6. The highest BCUT2D eigenvalue weighted by atomic mass is 32.2. The van der Waals surface area contributed by atoms with E-state index in [0.29, 0.717) is 58.8 Å². The molecule has 3 saturated carbocycles. The second-order valence-corrected chi connectivity index (χ2v) is 20.3. The van der Waals surface area contributed by atoms with Gasteiger partial charge in [-0.2, -0.15) is 5.06 Å². The first kappa shape index (κ1) is 46.3. The number of hydrogen-bond donors (Lipinski definition) is 5. The van der Waals surface area contributed by atoms with Crippen molar-refractivity contribution in [3.05, 3.63) is 77.4 Å². The highest BCUT2D eigenvalue weighted by molar-refractivity contribution is 7.92. The number of ether oxygens (including phenoxy) is 1. The van der Waals surface area contributed by atoms with Crippen molar-refractivity contribution in [2.24, 2.45) is 29.1 Å². The zero-order valence-corrected chi connectivity index (χ0v) is 38.1. The molecule has 14 nitrogen and oxygen atoms in total.